The molecule has 1 atom stereocenters. The molecule has 1 aromatic heterocycles. The first-order valence-electron chi connectivity index (χ1n) is 8.89. The predicted octanol–water partition coefficient (Wildman–Crippen LogP) is 2.72. The van der Waals surface area contributed by atoms with Gasteiger partial charge in [0.1, 0.15) is 11.4 Å². The fourth-order valence-electron chi connectivity index (χ4n) is 4.02. The molecular formula is C19H25ClN4O2. The van der Waals surface area contributed by atoms with Crippen LogP contribution in [-0.4, -0.2) is 54.3 Å². The molecule has 2 fully saturated rings. The Morgan fingerprint density at radius 3 is 2.96 bits per heavy atom. The minimum Gasteiger partial charge on any atom is -0.497 e. The lowest BCUT2D eigenvalue weighted by Gasteiger charge is -2.33. The van der Waals surface area contributed by atoms with Crippen LogP contribution in [-0.2, 0) is 0 Å². The van der Waals surface area contributed by atoms with Crippen molar-refractivity contribution in [3.8, 4) is 17.0 Å². The molecule has 140 valence electrons. The number of carbonyl (C=O) groups is 1. The highest BCUT2D eigenvalue weighted by Crippen LogP contribution is 2.37. The molecule has 1 unspecified atom stereocenters. The van der Waals surface area contributed by atoms with Crippen molar-refractivity contribution in [3.63, 3.8) is 0 Å². The molecule has 6 nitrogen and oxygen atoms in total. The first-order valence-corrected chi connectivity index (χ1v) is 8.89. The lowest BCUT2D eigenvalue weighted by atomic mass is 9.80. The third-order valence-electron chi connectivity index (χ3n) is 5.46. The quantitative estimate of drug-likeness (QED) is 0.864. The zero-order chi connectivity index (χ0) is 17.3. The molecule has 0 radical (unpaired) electrons. The zero-order valence-electron chi connectivity index (χ0n) is 15.0. The molecule has 1 spiro atoms. The number of carbonyl (C=O) groups excluding carboxylic acids is 1. The summed E-state index contributed by atoms with van der Waals surface area (Å²) in [4.78, 5) is 14.8. The fourth-order valence-corrected chi connectivity index (χ4v) is 4.02. The summed E-state index contributed by atoms with van der Waals surface area (Å²) in [5.74, 6) is 0.823. The van der Waals surface area contributed by atoms with E-state index in [-0.39, 0.29) is 23.7 Å². The van der Waals surface area contributed by atoms with Gasteiger partial charge in [0.05, 0.1) is 12.8 Å². The summed E-state index contributed by atoms with van der Waals surface area (Å²) < 4.78 is 5.26. The van der Waals surface area contributed by atoms with Gasteiger partial charge in [-0.3, -0.25) is 9.89 Å². The first kappa shape index (κ1) is 18.7. The smallest absolute Gasteiger partial charge is 0.271 e. The molecule has 2 aliphatic rings. The van der Waals surface area contributed by atoms with Gasteiger partial charge in [0, 0.05) is 30.6 Å². The minimum absolute atomic E-state index is 0. The lowest BCUT2D eigenvalue weighted by Crippen LogP contribution is -2.42. The average molecular weight is 377 g/mol. The average Bonchev–Trinajstić information content (AvgIpc) is 3.30. The van der Waals surface area contributed by atoms with Crippen LogP contribution in [0, 0.1) is 5.41 Å². The van der Waals surface area contributed by atoms with E-state index in [1.807, 2.05) is 35.2 Å². The third-order valence-corrected chi connectivity index (χ3v) is 5.46. The molecule has 2 aromatic rings. The van der Waals surface area contributed by atoms with Crippen LogP contribution >= 0.6 is 12.4 Å². The number of amides is 1. The number of hydrogen-bond donors (Lipinski definition) is 2. The molecule has 7 heteroatoms. The maximum Gasteiger partial charge on any atom is 0.271 e. The predicted molar refractivity (Wildman–Crippen MR) is 103 cm³/mol. The Bertz CT molecular complexity index is 770. The minimum atomic E-state index is 0. The van der Waals surface area contributed by atoms with Crippen molar-refractivity contribution in [2.75, 3.05) is 33.3 Å². The SMILES string of the molecule is COc1cccc(-c2cc(C(=O)N3CCC4(CCCNC4)C3)[nH]n2)c1.Cl. The van der Waals surface area contributed by atoms with Gasteiger partial charge in [-0.1, -0.05) is 12.1 Å². The Labute approximate surface area is 159 Å². The Kier molecular flexibility index (Phi) is 5.53. The standard InChI is InChI=1S/C19H24N4O2.ClH/c1-25-15-5-2-4-14(10-15)16-11-17(22-21-16)18(24)23-9-7-19(13-23)6-3-8-20-12-19;/h2,4-5,10-11,20H,3,6-9,12-13H2,1H3,(H,21,22);1H. The molecule has 2 N–H and O–H groups in total. The van der Waals surface area contributed by atoms with E-state index in [9.17, 15) is 4.79 Å². The summed E-state index contributed by atoms with van der Waals surface area (Å²) in [6.45, 7) is 3.79. The number of likely N-dealkylation sites (tertiary alicyclic amines) is 1. The Hall–Kier alpha value is -2.05. The molecule has 26 heavy (non-hydrogen) atoms. The Morgan fingerprint density at radius 2 is 2.19 bits per heavy atom. The Balaban J connectivity index is 0.00000196. The van der Waals surface area contributed by atoms with Gasteiger partial charge in [-0.2, -0.15) is 5.10 Å². The highest BCUT2D eigenvalue weighted by Gasteiger charge is 2.41. The van der Waals surface area contributed by atoms with Crippen LogP contribution in [0.25, 0.3) is 11.3 Å². The summed E-state index contributed by atoms with van der Waals surface area (Å²) in [6.07, 6.45) is 3.50. The van der Waals surface area contributed by atoms with Crippen molar-refractivity contribution in [2.24, 2.45) is 5.41 Å². The van der Waals surface area contributed by atoms with Crippen LogP contribution in [0.15, 0.2) is 30.3 Å². The van der Waals surface area contributed by atoms with E-state index in [2.05, 4.69) is 15.5 Å². The van der Waals surface area contributed by atoms with E-state index in [1.165, 1.54) is 12.8 Å². The fraction of sp³-hybridized carbons (Fsp3) is 0.474. The molecule has 2 saturated heterocycles. The maximum absolute atomic E-state index is 12.9. The molecule has 3 heterocycles. The number of nitrogens with one attached hydrogen (secondary N) is 2. The molecule has 4 rings (SSSR count). The van der Waals surface area contributed by atoms with Gasteiger partial charge in [-0.15, -0.1) is 12.4 Å². The number of piperidine rings is 1. The van der Waals surface area contributed by atoms with Crippen LogP contribution in [0.1, 0.15) is 29.8 Å². The second-order valence-corrected chi connectivity index (χ2v) is 7.16. The Morgan fingerprint density at radius 1 is 1.31 bits per heavy atom. The molecule has 0 bridgehead atoms. The number of rotatable bonds is 3. The van der Waals surface area contributed by atoms with Crippen LogP contribution < -0.4 is 10.1 Å². The number of H-pyrrole nitrogens is 1. The van der Waals surface area contributed by atoms with Gasteiger partial charge < -0.3 is 15.0 Å². The van der Waals surface area contributed by atoms with Gasteiger partial charge in [0.25, 0.3) is 5.91 Å². The third kappa shape index (κ3) is 3.57. The molecule has 1 aromatic carbocycles. The second kappa shape index (κ2) is 7.68. The topological polar surface area (TPSA) is 70.2 Å². The molecular weight excluding hydrogens is 352 g/mol. The van der Waals surface area contributed by atoms with Crippen LogP contribution in [0.3, 0.4) is 0 Å². The van der Waals surface area contributed by atoms with Gasteiger partial charge in [-0.05, 0) is 44.0 Å². The van der Waals surface area contributed by atoms with Crippen molar-refractivity contribution < 1.29 is 9.53 Å². The van der Waals surface area contributed by atoms with E-state index in [4.69, 9.17) is 4.74 Å². The molecule has 0 saturated carbocycles. The van der Waals surface area contributed by atoms with Crippen LogP contribution in [0.2, 0.25) is 0 Å². The van der Waals surface area contributed by atoms with Gasteiger partial charge in [0.2, 0.25) is 0 Å². The van der Waals surface area contributed by atoms with Gasteiger partial charge in [0.15, 0.2) is 0 Å². The van der Waals surface area contributed by atoms with Crippen LogP contribution in [0.4, 0.5) is 0 Å². The number of nitrogens with zero attached hydrogens (tertiary/aromatic N) is 2. The van der Waals surface area contributed by atoms with Gasteiger partial charge in [-0.25, -0.2) is 0 Å². The molecule has 1 amide bonds. The van der Waals surface area contributed by atoms with Gasteiger partial charge >= 0.3 is 0 Å². The molecule has 0 aliphatic carbocycles. The number of ether oxygens (including phenoxy) is 1. The summed E-state index contributed by atoms with van der Waals surface area (Å²) in [5, 5.41) is 10.7. The highest BCUT2D eigenvalue weighted by atomic mass is 35.5. The maximum atomic E-state index is 12.9. The summed E-state index contributed by atoms with van der Waals surface area (Å²) >= 11 is 0. The molecule has 2 aliphatic heterocycles. The zero-order valence-corrected chi connectivity index (χ0v) is 15.8. The summed E-state index contributed by atoms with van der Waals surface area (Å²) in [6, 6.07) is 9.53. The van der Waals surface area contributed by atoms with E-state index in [0.29, 0.717) is 5.69 Å². The number of hydrogen-bond acceptors (Lipinski definition) is 4. The van der Waals surface area contributed by atoms with Crippen molar-refractivity contribution in [1.82, 2.24) is 20.4 Å². The van der Waals surface area contributed by atoms with E-state index in [0.717, 1.165) is 49.6 Å². The number of halogens is 1. The van der Waals surface area contributed by atoms with Crippen molar-refractivity contribution in [2.45, 2.75) is 19.3 Å². The highest BCUT2D eigenvalue weighted by molar-refractivity contribution is 5.93. The monoisotopic (exact) mass is 376 g/mol. The second-order valence-electron chi connectivity index (χ2n) is 7.16. The van der Waals surface area contributed by atoms with Crippen molar-refractivity contribution in [3.05, 3.63) is 36.0 Å². The number of methoxy groups -OCH3 is 1. The summed E-state index contributed by atoms with van der Waals surface area (Å²) in [5.41, 5.74) is 2.52. The number of aromatic amines is 1. The number of benzene rings is 1. The van der Waals surface area contributed by atoms with E-state index in [1.54, 1.807) is 7.11 Å². The lowest BCUT2D eigenvalue weighted by molar-refractivity contribution is 0.0758. The van der Waals surface area contributed by atoms with Crippen LogP contribution in [0.5, 0.6) is 5.75 Å². The van der Waals surface area contributed by atoms with E-state index < -0.39 is 0 Å². The summed E-state index contributed by atoms with van der Waals surface area (Å²) in [7, 11) is 1.64. The van der Waals surface area contributed by atoms with E-state index >= 15 is 0 Å². The first-order chi connectivity index (χ1) is 12.2. The van der Waals surface area contributed by atoms with Crippen molar-refractivity contribution >= 4 is 18.3 Å². The number of aromatic nitrogens is 2. The normalized spacial score (nSPS) is 22.3. The van der Waals surface area contributed by atoms with Crippen molar-refractivity contribution in [1.29, 1.82) is 0 Å². The largest absolute Gasteiger partial charge is 0.497 e.